The second kappa shape index (κ2) is 8.13. The van der Waals surface area contributed by atoms with E-state index >= 15 is 0 Å². The van der Waals surface area contributed by atoms with Crippen LogP contribution in [0.4, 0.5) is 0 Å². The highest BCUT2D eigenvalue weighted by molar-refractivity contribution is 4.80. The van der Waals surface area contributed by atoms with Gasteiger partial charge >= 0.3 is 0 Å². The third-order valence-corrected chi connectivity index (χ3v) is 4.73. The topological polar surface area (TPSA) is 3.24 Å². The van der Waals surface area contributed by atoms with Crippen LogP contribution in [0.2, 0.25) is 0 Å². The molecule has 1 aliphatic carbocycles. The maximum absolute atomic E-state index is 2.43. The maximum Gasteiger partial charge on any atom is 0.00893 e. The molecule has 0 heterocycles. The molecule has 1 atom stereocenters. The lowest BCUT2D eigenvalue weighted by Gasteiger charge is -2.36. The molecule has 0 aromatic rings. The third kappa shape index (κ3) is 4.99. The molecule has 1 aliphatic rings. The van der Waals surface area contributed by atoms with Gasteiger partial charge in [0.2, 0.25) is 0 Å². The molecule has 1 heteroatoms. The highest BCUT2D eigenvalue weighted by Crippen LogP contribution is 2.36. The van der Waals surface area contributed by atoms with Crippen LogP contribution < -0.4 is 0 Å². The van der Waals surface area contributed by atoms with E-state index in [0.29, 0.717) is 0 Å². The highest BCUT2D eigenvalue weighted by atomic mass is 15.1. The van der Waals surface area contributed by atoms with Crippen molar-refractivity contribution in [1.29, 1.82) is 0 Å². The van der Waals surface area contributed by atoms with E-state index < -0.39 is 0 Å². The van der Waals surface area contributed by atoms with E-state index in [1.165, 1.54) is 57.8 Å². The van der Waals surface area contributed by atoms with Gasteiger partial charge in [0.05, 0.1) is 0 Å². The molecule has 0 bridgehead atoms. The molecule has 1 rings (SSSR count). The molecule has 0 amide bonds. The van der Waals surface area contributed by atoms with Crippen molar-refractivity contribution in [3.63, 3.8) is 0 Å². The molecular formula is C16H33N. The number of unbranched alkanes of at least 4 members (excludes halogenated alkanes) is 1. The Balaban J connectivity index is 2.37. The first kappa shape index (κ1) is 15.0. The summed E-state index contributed by atoms with van der Waals surface area (Å²) < 4.78 is 0. The molecule has 17 heavy (non-hydrogen) atoms. The molecule has 1 saturated carbocycles. The SMILES string of the molecule is CCCCC(CCC)C1CCC(N(C)C)CC1. The van der Waals surface area contributed by atoms with Crippen molar-refractivity contribution in [3.05, 3.63) is 0 Å². The summed E-state index contributed by atoms with van der Waals surface area (Å²) in [5, 5.41) is 0. The molecule has 0 aliphatic heterocycles. The van der Waals surface area contributed by atoms with Gasteiger partial charge in [0.1, 0.15) is 0 Å². The van der Waals surface area contributed by atoms with Crippen LogP contribution >= 0.6 is 0 Å². The highest BCUT2D eigenvalue weighted by Gasteiger charge is 2.27. The fourth-order valence-electron chi connectivity index (χ4n) is 3.54. The molecular weight excluding hydrogens is 206 g/mol. The minimum atomic E-state index is 0.861. The Bertz CT molecular complexity index is 180. The molecule has 1 unspecified atom stereocenters. The monoisotopic (exact) mass is 239 g/mol. The Kier molecular flexibility index (Phi) is 7.18. The number of hydrogen-bond acceptors (Lipinski definition) is 1. The largest absolute Gasteiger partial charge is 0.306 e. The molecule has 0 aromatic carbocycles. The predicted octanol–water partition coefficient (Wildman–Crippen LogP) is 4.71. The van der Waals surface area contributed by atoms with Crippen LogP contribution in [0.15, 0.2) is 0 Å². The molecule has 102 valence electrons. The first-order valence-electron chi connectivity index (χ1n) is 7.85. The first-order valence-corrected chi connectivity index (χ1v) is 7.85. The molecule has 1 nitrogen and oxygen atoms in total. The summed E-state index contributed by atoms with van der Waals surface area (Å²) in [7, 11) is 4.48. The second-order valence-corrected chi connectivity index (χ2v) is 6.22. The first-order chi connectivity index (χ1) is 8.19. The van der Waals surface area contributed by atoms with Gasteiger partial charge in [-0.2, -0.15) is 0 Å². The van der Waals surface area contributed by atoms with Gasteiger partial charge in [0.25, 0.3) is 0 Å². The van der Waals surface area contributed by atoms with Crippen LogP contribution in [0.5, 0.6) is 0 Å². The summed E-state index contributed by atoms with van der Waals surface area (Å²) in [6.07, 6.45) is 13.0. The molecule has 1 fully saturated rings. The number of nitrogens with zero attached hydrogens (tertiary/aromatic N) is 1. The van der Waals surface area contributed by atoms with Gasteiger partial charge in [0.15, 0.2) is 0 Å². The van der Waals surface area contributed by atoms with Crippen molar-refractivity contribution in [3.8, 4) is 0 Å². The van der Waals surface area contributed by atoms with Crippen molar-refractivity contribution in [2.75, 3.05) is 14.1 Å². The third-order valence-electron chi connectivity index (χ3n) is 4.73. The standard InChI is InChI=1S/C16H33N/c1-5-7-9-14(8-6-2)15-10-12-16(13-11-15)17(3)4/h14-16H,5-13H2,1-4H3. The maximum atomic E-state index is 2.43. The van der Waals surface area contributed by atoms with Crippen LogP contribution in [-0.4, -0.2) is 25.0 Å². The van der Waals surface area contributed by atoms with Gasteiger partial charge in [-0.15, -0.1) is 0 Å². The summed E-state index contributed by atoms with van der Waals surface area (Å²) >= 11 is 0. The van der Waals surface area contributed by atoms with Gasteiger partial charge < -0.3 is 4.90 Å². The number of hydrogen-bond donors (Lipinski definition) is 0. The van der Waals surface area contributed by atoms with Crippen molar-refractivity contribution in [2.45, 2.75) is 77.7 Å². The van der Waals surface area contributed by atoms with Crippen LogP contribution in [0.3, 0.4) is 0 Å². The Labute approximate surface area is 109 Å². The average molecular weight is 239 g/mol. The number of rotatable bonds is 7. The Hall–Kier alpha value is -0.0400. The lowest BCUT2D eigenvalue weighted by atomic mass is 9.74. The smallest absolute Gasteiger partial charge is 0.00893 e. The zero-order chi connectivity index (χ0) is 12.7. The Morgan fingerprint density at radius 1 is 0.941 bits per heavy atom. The summed E-state index contributed by atoms with van der Waals surface area (Å²) in [5.74, 6) is 2.07. The second-order valence-electron chi connectivity index (χ2n) is 6.22. The van der Waals surface area contributed by atoms with E-state index in [2.05, 4.69) is 32.8 Å². The van der Waals surface area contributed by atoms with E-state index in [4.69, 9.17) is 0 Å². The normalized spacial score (nSPS) is 27.4. The molecule has 0 spiro atoms. The molecule has 0 aromatic heterocycles. The van der Waals surface area contributed by atoms with Crippen molar-refractivity contribution >= 4 is 0 Å². The molecule has 0 radical (unpaired) electrons. The van der Waals surface area contributed by atoms with Crippen molar-refractivity contribution in [1.82, 2.24) is 4.90 Å². The Morgan fingerprint density at radius 2 is 1.59 bits per heavy atom. The van der Waals surface area contributed by atoms with Crippen LogP contribution in [0.25, 0.3) is 0 Å². The summed E-state index contributed by atoms with van der Waals surface area (Å²) in [6, 6.07) is 0.861. The minimum Gasteiger partial charge on any atom is -0.306 e. The van der Waals surface area contributed by atoms with Gasteiger partial charge in [-0.25, -0.2) is 0 Å². The molecule has 0 N–H and O–H groups in total. The van der Waals surface area contributed by atoms with Crippen molar-refractivity contribution < 1.29 is 0 Å². The fourth-order valence-corrected chi connectivity index (χ4v) is 3.54. The van der Waals surface area contributed by atoms with E-state index in [9.17, 15) is 0 Å². The Morgan fingerprint density at radius 3 is 2.06 bits per heavy atom. The lowest BCUT2D eigenvalue weighted by Crippen LogP contribution is -2.33. The van der Waals surface area contributed by atoms with E-state index in [1.54, 1.807) is 0 Å². The lowest BCUT2D eigenvalue weighted by molar-refractivity contribution is 0.148. The quantitative estimate of drug-likeness (QED) is 0.622. The van der Waals surface area contributed by atoms with Crippen LogP contribution in [-0.2, 0) is 0 Å². The van der Waals surface area contributed by atoms with Gasteiger partial charge in [-0.3, -0.25) is 0 Å². The van der Waals surface area contributed by atoms with Crippen LogP contribution in [0, 0.1) is 11.8 Å². The fraction of sp³-hybridized carbons (Fsp3) is 1.00. The zero-order valence-electron chi connectivity index (χ0n) is 12.5. The average Bonchev–Trinajstić information content (AvgIpc) is 2.34. The minimum absolute atomic E-state index is 0.861. The van der Waals surface area contributed by atoms with Gasteiger partial charge in [-0.1, -0.05) is 46.0 Å². The molecule has 0 saturated heterocycles. The predicted molar refractivity (Wildman–Crippen MR) is 77.4 cm³/mol. The summed E-state index contributed by atoms with van der Waals surface area (Å²) in [5.41, 5.74) is 0. The van der Waals surface area contributed by atoms with Gasteiger partial charge in [0, 0.05) is 6.04 Å². The van der Waals surface area contributed by atoms with E-state index in [1.807, 2.05) is 0 Å². The van der Waals surface area contributed by atoms with E-state index in [-0.39, 0.29) is 0 Å². The zero-order valence-corrected chi connectivity index (χ0v) is 12.5. The van der Waals surface area contributed by atoms with Crippen molar-refractivity contribution in [2.24, 2.45) is 11.8 Å². The van der Waals surface area contributed by atoms with Crippen LogP contribution in [0.1, 0.15) is 71.6 Å². The van der Waals surface area contributed by atoms with Gasteiger partial charge in [-0.05, 0) is 51.6 Å². The summed E-state index contributed by atoms with van der Waals surface area (Å²) in [4.78, 5) is 2.43. The van der Waals surface area contributed by atoms with E-state index in [0.717, 1.165) is 17.9 Å². The summed E-state index contributed by atoms with van der Waals surface area (Å²) in [6.45, 7) is 4.68.